The van der Waals surface area contributed by atoms with Crippen molar-refractivity contribution < 1.29 is 32.2 Å². The SMILES string of the molecule is CC(F)(c1ccc(Oc2ccc(C(=O)O)cc2)cc1)C(F)(F)F. The molecule has 122 valence electrons. The fourth-order valence-corrected chi connectivity index (χ4v) is 1.80. The first-order valence-electron chi connectivity index (χ1n) is 6.48. The maximum absolute atomic E-state index is 13.8. The molecule has 2 aromatic carbocycles. The Bertz CT molecular complexity index is 689. The molecule has 1 atom stereocenters. The van der Waals surface area contributed by atoms with Gasteiger partial charge in [0.15, 0.2) is 0 Å². The summed E-state index contributed by atoms with van der Waals surface area (Å²) in [5.41, 5.74) is -3.90. The van der Waals surface area contributed by atoms with Crippen LogP contribution in [0.25, 0.3) is 0 Å². The van der Waals surface area contributed by atoms with Gasteiger partial charge < -0.3 is 9.84 Å². The van der Waals surface area contributed by atoms with Crippen molar-refractivity contribution in [2.75, 3.05) is 0 Å². The summed E-state index contributed by atoms with van der Waals surface area (Å²) in [7, 11) is 0. The van der Waals surface area contributed by atoms with E-state index in [9.17, 15) is 22.4 Å². The van der Waals surface area contributed by atoms with Crippen LogP contribution in [0.1, 0.15) is 22.8 Å². The van der Waals surface area contributed by atoms with E-state index < -0.39 is 23.4 Å². The van der Waals surface area contributed by atoms with Crippen LogP contribution in [0.4, 0.5) is 17.6 Å². The number of carboxylic acid groups (broad SMARTS) is 1. The molecule has 0 aliphatic rings. The normalized spacial score (nSPS) is 14.1. The molecule has 0 bridgehead atoms. The van der Waals surface area contributed by atoms with Gasteiger partial charge in [-0.25, -0.2) is 9.18 Å². The minimum Gasteiger partial charge on any atom is -0.478 e. The highest BCUT2D eigenvalue weighted by Crippen LogP contribution is 2.42. The summed E-state index contributed by atoms with van der Waals surface area (Å²) in [6.45, 7) is 0.452. The summed E-state index contributed by atoms with van der Waals surface area (Å²) in [6, 6.07) is 9.89. The fourth-order valence-electron chi connectivity index (χ4n) is 1.80. The topological polar surface area (TPSA) is 46.5 Å². The lowest BCUT2D eigenvalue weighted by Gasteiger charge is -2.24. The zero-order valence-electron chi connectivity index (χ0n) is 11.9. The number of carbonyl (C=O) groups is 1. The Morgan fingerprint density at radius 2 is 1.35 bits per heavy atom. The third-order valence-electron chi connectivity index (χ3n) is 3.27. The minimum absolute atomic E-state index is 0.0751. The lowest BCUT2D eigenvalue weighted by Crippen LogP contribution is -2.34. The third kappa shape index (κ3) is 3.61. The Balaban J connectivity index is 2.16. The van der Waals surface area contributed by atoms with Crippen molar-refractivity contribution in [2.45, 2.75) is 18.8 Å². The van der Waals surface area contributed by atoms with Crippen molar-refractivity contribution in [3.63, 3.8) is 0 Å². The van der Waals surface area contributed by atoms with Gasteiger partial charge >= 0.3 is 12.1 Å². The maximum atomic E-state index is 13.8. The molecule has 0 saturated carbocycles. The van der Waals surface area contributed by atoms with Gasteiger partial charge in [-0.3, -0.25) is 0 Å². The van der Waals surface area contributed by atoms with Crippen LogP contribution in [0, 0.1) is 0 Å². The average Bonchev–Trinajstić information content (AvgIpc) is 2.47. The van der Waals surface area contributed by atoms with E-state index in [1.165, 1.54) is 36.4 Å². The van der Waals surface area contributed by atoms with E-state index in [2.05, 4.69) is 0 Å². The molecule has 2 aromatic rings. The van der Waals surface area contributed by atoms with Crippen molar-refractivity contribution in [3.05, 3.63) is 59.7 Å². The van der Waals surface area contributed by atoms with Gasteiger partial charge in [-0.2, -0.15) is 13.2 Å². The molecule has 7 heteroatoms. The molecule has 0 amide bonds. The Morgan fingerprint density at radius 3 is 1.74 bits per heavy atom. The first-order valence-corrected chi connectivity index (χ1v) is 6.48. The Hall–Kier alpha value is -2.57. The van der Waals surface area contributed by atoms with Gasteiger partial charge in [0.05, 0.1) is 5.56 Å². The van der Waals surface area contributed by atoms with E-state index in [0.717, 1.165) is 12.1 Å². The van der Waals surface area contributed by atoms with E-state index in [1.807, 2.05) is 0 Å². The van der Waals surface area contributed by atoms with E-state index >= 15 is 0 Å². The second-order valence-electron chi connectivity index (χ2n) is 4.96. The molecule has 0 saturated heterocycles. The molecule has 0 aliphatic heterocycles. The molecule has 1 N–H and O–H groups in total. The van der Waals surface area contributed by atoms with Gasteiger partial charge in [0, 0.05) is 0 Å². The molecule has 1 unspecified atom stereocenters. The molecular weight excluding hydrogens is 316 g/mol. The van der Waals surface area contributed by atoms with Gasteiger partial charge in [0.1, 0.15) is 11.5 Å². The van der Waals surface area contributed by atoms with Crippen LogP contribution in [0.2, 0.25) is 0 Å². The molecule has 0 spiro atoms. The average molecular weight is 328 g/mol. The summed E-state index contributed by atoms with van der Waals surface area (Å²) in [4.78, 5) is 10.7. The monoisotopic (exact) mass is 328 g/mol. The number of alkyl halides is 4. The van der Waals surface area contributed by atoms with Gasteiger partial charge in [-0.15, -0.1) is 0 Å². The number of benzene rings is 2. The minimum atomic E-state index is -5.01. The second kappa shape index (κ2) is 5.91. The second-order valence-corrected chi connectivity index (χ2v) is 4.96. The lowest BCUT2D eigenvalue weighted by atomic mass is 9.97. The standard InChI is InChI=1S/C16H12F4O3/c1-15(17,16(18,19)20)11-4-8-13(9-5-11)23-12-6-2-10(3-7-12)14(21)22/h2-9H,1H3,(H,21,22). The Kier molecular flexibility index (Phi) is 4.31. The molecule has 0 aliphatic carbocycles. The number of hydrogen-bond donors (Lipinski definition) is 1. The van der Waals surface area contributed by atoms with Gasteiger partial charge in [-0.05, 0) is 48.9 Å². The number of halogens is 4. The number of carboxylic acids is 1. The van der Waals surface area contributed by atoms with Crippen LogP contribution in [0.15, 0.2) is 48.5 Å². The lowest BCUT2D eigenvalue weighted by molar-refractivity contribution is -0.228. The first kappa shape index (κ1) is 16.8. The highest BCUT2D eigenvalue weighted by atomic mass is 19.4. The van der Waals surface area contributed by atoms with Crippen molar-refractivity contribution in [2.24, 2.45) is 0 Å². The van der Waals surface area contributed by atoms with Gasteiger partial charge in [0.25, 0.3) is 0 Å². The number of hydrogen-bond acceptors (Lipinski definition) is 2. The third-order valence-corrected chi connectivity index (χ3v) is 3.27. The van der Waals surface area contributed by atoms with Gasteiger partial charge in [0.2, 0.25) is 5.67 Å². The molecule has 0 aromatic heterocycles. The van der Waals surface area contributed by atoms with Crippen LogP contribution >= 0.6 is 0 Å². The number of ether oxygens (including phenoxy) is 1. The number of aromatic carboxylic acids is 1. The van der Waals surface area contributed by atoms with Crippen molar-refractivity contribution in [1.82, 2.24) is 0 Å². The van der Waals surface area contributed by atoms with Crippen molar-refractivity contribution >= 4 is 5.97 Å². The van der Waals surface area contributed by atoms with Crippen molar-refractivity contribution in [1.29, 1.82) is 0 Å². The Morgan fingerprint density at radius 1 is 0.913 bits per heavy atom. The molecule has 3 nitrogen and oxygen atoms in total. The molecule has 23 heavy (non-hydrogen) atoms. The predicted molar refractivity (Wildman–Crippen MR) is 74.4 cm³/mol. The summed E-state index contributed by atoms with van der Waals surface area (Å²) in [6.07, 6.45) is -5.01. The maximum Gasteiger partial charge on any atom is 0.426 e. The first-order chi connectivity index (χ1) is 10.6. The van der Waals surface area contributed by atoms with Crippen molar-refractivity contribution in [3.8, 4) is 11.5 Å². The predicted octanol–water partition coefficient (Wildman–Crippen LogP) is 4.92. The Labute approximate surface area is 129 Å². The quantitative estimate of drug-likeness (QED) is 0.810. The van der Waals surface area contributed by atoms with Crippen LogP contribution in [-0.2, 0) is 5.67 Å². The van der Waals surface area contributed by atoms with E-state index in [1.54, 1.807) is 0 Å². The highest BCUT2D eigenvalue weighted by molar-refractivity contribution is 5.87. The van der Waals surface area contributed by atoms with Crippen LogP contribution in [-0.4, -0.2) is 17.3 Å². The van der Waals surface area contributed by atoms with E-state index in [4.69, 9.17) is 9.84 Å². The van der Waals surface area contributed by atoms with Crippen LogP contribution in [0.3, 0.4) is 0 Å². The van der Waals surface area contributed by atoms with E-state index in [-0.39, 0.29) is 11.3 Å². The molecule has 0 fully saturated rings. The fraction of sp³-hybridized carbons (Fsp3) is 0.188. The molecule has 0 radical (unpaired) electrons. The summed E-state index contributed by atoms with van der Waals surface area (Å²) < 4.78 is 57.0. The zero-order valence-corrected chi connectivity index (χ0v) is 11.9. The zero-order chi connectivity index (χ0) is 17.3. The summed E-state index contributed by atoms with van der Waals surface area (Å²) in [5.74, 6) is -0.577. The smallest absolute Gasteiger partial charge is 0.426 e. The summed E-state index contributed by atoms with van der Waals surface area (Å²) in [5, 5.41) is 8.77. The molecule has 0 heterocycles. The van der Waals surface area contributed by atoms with E-state index in [0.29, 0.717) is 12.7 Å². The van der Waals surface area contributed by atoms with Crippen LogP contribution < -0.4 is 4.74 Å². The van der Waals surface area contributed by atoms with Gasteiger partial charge in [-0.1, -0.05) is 12.1 Å². The number of rotatable bonds is 4. The van der Waals surface area contributed by atoms with Crippen LogP contribution in [0.5, 0.6) is 11.5 Å². The molecule has 2 rings (SSSR count). The summed E-state index contributed by atoms with van der Waals surface area (Å²) >= 11 is 0. The molecular formula is C16H12F4O3. The largest absolute Gasteiger partial charge is 0.478 e. The highest BCUT2D eigenvalue weighted by Gasteiger charge is 2.53.